The Balaban J connectivity index is 1.52. The van der Waals surface area contributed by atoms with Crippen LogP contribution >= 0.6 is 23.2 Å². The van der Waals surface area contributed by atoms with Crippen LogP contribution in [0.5, 0.6) is 0 Å². The van der Waals surface area contributed by atoms with Crippen LogP contribution < -0.4 is 4.90 Å². The molecule has 10 heteroatoms. The molecule has 4 rings (SSSR count). The second kappa shape index (κ2) is 8.77. The fraction of sp³-hybridized carbons (Fsp3) is 0.273. The van der Waals surface area contributed by atoms with E-state index in [4.69, 9.17) is 23.2 Å². The smallest absolute Gasteiger partial charge is 0.272 e. The van der Waals surface area contributed by atoms with E-state index in [0.717, 1.165) is 11.9 Å². The third-order valence-electron chi connectivity index (χ3n) is 5.40. The molecule has 1 saturated heterocycles. The van der Waals surface area contributed by atoms with E-state index in [9.17, 15) is 13.2 Å². The first-order valence-electron chi connectivity index (χ1n) is 10.00. The SMILES string of the molecule is Cc1cc(C(=O)N2CCN(c3ccc(Cl)c(Cl)c3)CC2)n(-c2ccc(S(C)(=O)=O)cc2)n1. The van der Waals surface area contributed by atoms with Gasteiger partial charge in [-0.15, -0.1) is 0 Å². The van der Waals surface area contributed by atoms with Crippen LogP contribution in [0.15, 0.2) is 53.4 Å². The molecule has 1 aromatic heterocycles. The Kier molecular flexibility index (Phi) is 6.20. The maximum atomic E-state index is 13.3. The van der Waals surface area contributed by atoms with Crippen molar-refractivity contribution >= 4 is 44.6 Å². The zero-order chi connectivity index (χ0) is 23.0. The van der Waals surface area contributed by atoms with E-state index >= 15 is 0 Å². The van der Waals surface area contributed by atoms with E-state index in [1.807, 2.05) is 19.1 Å². The van der Waals surface area contributed by atoms with Crippen molar-refractivity contribution in [3.8, 4) is 5.69 Å². The van der Waals surface area contributed by atoms with Gasteiger partial charge in [0.1, 0.15) is 5.69 Å². The molecule has 32 heavy (non-hydrogen) atoms. The number of amides is 1. The van der Waals surface area contributed by atoms with Crippen LogP contribution in [0, 0.1) is 6.92 Å². The van der Waals surface area contributed by atoms with Crippen LogP contribution in [0.4, 0.5) is 5.69 Å². The van der Waals surface area contributed by atoms with Gasteiger partial charge in [-0.05, 0) is 55.5 Å². The van der Waals surface area contributed by atoms with Gasteiger partial charge in [0.15, 0.2) is 9.84 Å². The molecular formula is C22H22Cl2N4O3S. The normalized spacial score (nSPS) is 14.6. The van der Waals surface area contributed by atoms with Crippen LogP contribution in [0.2, 0.25) is 10.0 Å². The predicted molar refractivity (Wildman–Crippen MR) is 126 cm³/mol. The van der Waals surface area contributed by atoms with Crippen LogP contribution in [0.25, 0.3) is 5.69 Å². The van der Waals surface area contributed by atoms with E-state index in [0.29, 0.717) is 53.3 Å². The summed E-state index contributed by atoms with van der Waals surface area (Å²) in [7, 11) is -3.30. The van der Waals surface area contributed by atoms with Gasteiger partial charge in [-0.1, -0.05) is 23.2 Å². The van der Waals surface area contributed by atoms with Gasteiger partial charge in [-0.3, -0.25) is 4.79 Å². The summed E-state index contributed by atoms with van der Waals surface area (Å²) in [6, 6.07) is 13.6. The van der Waals surface area contributed by atoms with Gasteiger partial charge in [0, 0.05) is 38.1 Å². The Morgan fingerprint density at radius 2 is 1.53 bits per heavy atom. The topological polar surface area (TPSA) is 75.5 Å². The molecule has 0 saturated carbocycles. The number of sulfone groups is 1. The summed E-state index contributed by atoms with van der Waals surface area (Å²) in [5.74, 6) is -0.119. The highest BCUT2D eigenvalue weighted by atomic mass is 35.5. The number of aryl methyl sites for hydroxylation is 1. The molecule has 1 fully saturated rings. The summed E-state index contributed by atoms with van der Waals surface area (Å²) in [5.41, 5.74) is 2.74. The van der Waals surface area contributed by atoms with Crippen molar-refractivity contribution in [2.24, 2.45) is 0 Å². The van der Waals surface area contributed by atoms with Crippen LogP contribution in [-0.4, -0.2) is 61.4 Å². The maximum Gasteiger partial charge on any atom is 0.272 e. The van der Waals surface area contributed by atoms with Gasteiger partial charge in [0.25, 0.3) is 5.91 Å². The Labute approximate surface area is 197 Å². The Bertz CT molecular complexity index is 1260. The average molecular weight is 493 g/mol. The van der Waals surface area contributed by atoms with E-state index in [2.05, 4.69) is 10.00 Å². The number of aromatic nitrogens is 2. The minimum atomic E-state index is -3.30. The molecule has 0 atom stereocenters. The van der Waals surface area contributed by atoms with Crippen molar-refractivity contribution in [2.45, 2.75) is 11.8 Å². The van der Waals surface area contributed by atoms with Gasteiger partial charge in [0.2, 0.25) is 0 Å². The average Bonchev–Trinajstić information content (AvgIpc) is 3.16. The zero-order valence-corrected chi connectivity index (χ0v) is 20.0. The number of halogens is 2. The highest BCUT2D eigenvalue weighted by molar-refractivity contribution is 7.90. The van der Waals surface area contributed by atoms with E-state index < -0.39 is 9.84 Å². The number of nitrogens with zero attached hydrogens (tertiary/aromatic N) is 4. The standard InChI is InChI=1S/C22H22Cl2N4O3S/c1-15-13-21(28(25-15)16-3-6-18(7-4-16)32(2,30)31)22(29)27-11-9-26(10-12-27)17-5-8-19(23)20(24)14-17/h3-8,13-14H,9-12H2,1-2H3. The minimum absolute atomic E-state index is 0.119. The van der Waals surface area contributed by atoms with Gasteiger partial charge >= 0.3 is 0 Å². The summed E-state index contributed by atoms with van der Waals surface area (Å²) in [6.07, 6.45) is 1.16. The quantitative estimate of drug-likeness (QED) is 0.552. The molecule has 0 unspecified atom stereocenters. The Hall–Kier alpha value is -2.55. The van der Waals surface area contributed by atoms with E-state index in [1.54, 1.807) is 33.8 Å². The third kappa shape index (κ3) is 4.62. The molecule has 0 bridgehead atoms. The molecule has 1 aliphatic rings. The fourth-order valence-corrected chi connectivity index (χ4v) is 4.62. The Morgan fingerprint density at radius 3 is 2.12 bits per heavy atom. The first-order valence-corrected chi connectivity index (χ1v) is 12.6. The summed E-state index contributed by atoms with van der Waals surface area (Å²) in [4.78, 5) is 17.5. The van der Waals surface area contributed by atoms with Crippen molar-refractivity contribution < 1.29 is 13.2 Å². The van der Waals surface area contributed by atoms with Crippen molar-refractivity contribution in [1.29, 1.82) is 0 Å². The fourth-order valence-electron chi connectivity index (χ4n) is 3.69. The lowest BCUT2D eigenvalue weighted by atomic mass is 10.2. The predicted octanol–water partition coefficient (Wildman–Crippen LogP) is 3.85. The first-order chi connectivity index (χ1) is 15.1. The highest BCUT2D eigenvalue weighted by Gasteiger charge is 2.26. The van der Waals surface area contributed by atoms with Crippen molar-refractivity contribution in [3.05, 3.63) is 70.0 Å². The summed E-state index contributed by atoms with van der Waals surface area (Å²) in [5, 5.41) is 5.47. The van der Waals surface area contributed by atoms with Gasteiger partial charge in [-0.25, -0.2) is 13.1 Å². The lowest BCUT2D eigenvalue weighted by Crippen LogP contribution is -2.49. The molecule has 3 aromatic rings. The van der Waals surface area contributed by atoms with Crippen LogP contribution in [0.3, 0.4) is 0 Å². The number of carbonyl (C=O) groups is 1. The molecule has 2 aromatic carbocycles. The minimum Gasteiger partial charge on any atom is -0.368 e. The lowest BCUT2D eigenvalue weighted by molar-refractivity contribution is 0.0737. The van der Waals surface area contributed by atoms with Gasteiger partial charge < -0.3 is 9.80 Å². The summed E-state index contributed by atoms with van der Waals surface area (Å²) in [6.45, 7) is 4.26. The molecule has 168 valence electrons. The molecule has 0 N–H and O–H groups in total. The maximum absolute atomic E-state index is 13.3. The second-order valence-corrected chi connectivity index (χ2v) is 10.6. The molecular weight excluding hydrogens is 471 g/mol. The molecule has 0 radical (unpaired) electrons. The molecule has 0 spiro atoms. The number of benzene rings is 2. The van der Waals surface area contributed by atoms with Crippen molar-refractivity contribution in [1.82, 2.24) is 14.7 Å². The van der Waals surface area contributed by atoms with E-state index in [1.165, 1.54) is 12.1 Å². The van der Waals surface area contributed by atoms with Crippen molar-refractivity contribution in [2.75, 3.05) is 37.3 Å². The number of rotatable bonds is 4. The number of hydrogen-bond donors (Lipinski definition) is 0. The molecule has 1 aliphatic heterocycles. The largest absolute Gasteiger partial charge is 0.368 e. The number of anilines is 1. The third-order valence-corrected chi connectivity index (χ3v) is 7.26. The number of carbonyl (C=O) groups excluding carboxylic acids is 1. The highest BCUT2D eigenvalue weighted by Crippen LogP contribution is 2.28. The molecule has 1 amide bonds. The zero-order valence-electron chi connectivity index (χ0n) is 17.6. The monoisotopic (exact) mass is 492 g/mol. The van der Waals surface area contributed by atoms with Crippen molar-refractivity contribution in [3.63, 3.8) is 0 Å². The molecule has 7 nitrogen and oxygen atoms in total. The first kappa shape index (κ1) is 22.6. The number of piperazine rings is 1. The summed E-state index contributed by atoms with van der Waals surface area (Å²) >= 11 is 12.1. The van der Waals surface area contributed by atoms with Gasteiger partial charge in [-0.2, -0.15) is 5.10 Å². The molecule has 0 aliphatic carbocycles. The molecule has 2 heterocycles. The Morgan fingerprint density at radius 1 is 0.906 bits per heavy atom. The van der Waals surface area contributed by atoms with E-state index in [-0.39, 0.29) is 10.8 Å². The summed E-state index contributed by atoms with van der Waals surface area (Å²) < 4.78 is 25.0. The lowest BCUT2D eigenvalue weighted by Gasteiger charge is -2.36. The van der Waals surface area contributed by atoms with Gasteiger partial charge in [0.05, 0.1) is 26.3 Å². The van der Waals surface area contributed by atoms with Crippen LogP contribution in [0.1, 0.15) is 16.2 Å². The second-order valence-electron chi connectivity index (χ2n) is 7.73. The number of hydrogen-bond acceptors (Lipinski definition) is 5. The van der Waals surface area contributed by atoms with Crippen LogP contribution in [-0.2, 0) is 9.84 Å².